The molecule has 1 aromatic rings. The lowest BCUT2D eigenvalue weighted by Crippen LogP contribution is -2.20. The van der Waals surface area contributed by atoms with Crippen molar-refractivity contribution in [2.45, 2.75) is 25.7 Å². The molecular weight excluding hydrogens is 234 g/mol. The van der Waals surface area contributed by atoms with Crippen LogP contribution in [0.5, 0.6) is 0 Å². The van der Waals surface area contributed by atoms with Crippen LogP contribution in [0.4, 0.5) is 0 Å². The summed E-state index contributed by atoms with van der Waals surface area (Å²) in [7, 11) is 0. The largest absolute Gasteiger partial charge is 0.244 e. The monoisotopic (exact) mass is 245 g/mol. The van der Waals surface area contributed by atoms with Crippen molar-refractivity contribution < 1.29 is 0 Å². The van der Waals surface area contributed by atoms with Gasteiger partial charge >= 0.3 is 0 Å². The predicted octanol–water partition coefficient (Wildman–Crippen LogP) is 3.11. The van der Waals surface area contributed by atoms with Gasteiger partial charge in [-0.25, -0.2) is 4.98 Å². The molecule has 0 unspecified atom stereocenters. The van der Waals surface area contributed by atoms with Crippen molar-refractivity contribution in [1.29, 1.82) is 10.5 Å². The highest BCUT2D eigenvalue weighted by atomic mass is 35.5. The highest BCUT2D eigenvalue weighted by Gasteiger charge is 2.37. The standard InChI is InChI=1S/C13H12ClN3/c14-12-4-3-11(7-17-12)6-13(8-15,9-16)5-10-1-2-10/h3-4,7,10H,1-2,5-6H2. The van der Waals surface area contributed by atoms with Gasteiger partial charge in [0.25, 0.3) is 0 Å². The molecule has 1 aliphatic carbocycles. The first-order valence-corrected chi connectivity index (χ1v) is 5.98. The number of hydrogen-bond acceptors (Lipinski definition) is 3. The van der Waals surface area contributed by atoms with Crippen LogP contribution in [0.2, 0.25) is 5.15 Å². The van der Waals surface area contributed by atoms with Crippen LogP contribution in [0.25, 0.3) is 0 Å². The van der Waals surface area contributed by atoms with E-state index in [0.29, 0.717) is 23.9 Å². The Morgan fingerprint density at radius 2 is 2.06 bits per heavy atom. The second kappa shape index (κ2) is 4.73. The smallest absolute Gasteiger partial charge is 0.148 e. The molecule has 2 rings (SSSR count). The summed E-state index contributed by atoms with van der Waals surface area (Å²) in [4.78, 5) is 3.97. The molecule has 3 nitrogen and oxygen atoms in total. The van der Waals surface area contributed by atoms with Crippen LogP contribution >= 0.6 is 11.6 Å². The number of pyridine rings is 1. The van der Waals surface area contributed by atoms with Crippen molar-refractivity contribution >= 4 is 11.6 Å². The van der Waals surface area contributed by atoms with E-state index in [1.54, 1.807) is 12.3 Å². The molecule has 0 saturated heterocycles. The van der Waals surface area contributed by atoms with Gasteiger partial charge < -0.3 is 0 Å². The lowest BCUT2D eigenvalue weighted by Gasteiger charge is -2.17. The molecule has 0 amide bonds. The molecule has 0 radical (unpaired) electrons. The Morgan fingerprint density at radius 3 is 2.53 bits per heavy atom. The van der Waals surface area contributed by atoms with Crippen LogP contribution in [-0.2, 0) is 6.42 Å². The molecule has 0 aromatic carbocycles. The maximum Gasteiger partial charge on any atom is 0.148 e. The summed E-state index contributed by atoms with van der Waals surface area (Å²) in [6.45, 7) is 0. The molecule has 1 fully saturated rings. The van der Waals surface area contributed by atoms with E-state index in [1.165, 1.54) is 0 Å². The normalized spacial score (nSPS) is 15.0. The van der Waals surface area contributed by atoms with Crippen LogP contribution in [0.3, 0.4) is 0 Å². The molecule has 0 bridgehead atoms. The van der Waals surface area contributed by atoms with Crippen molar-refractivity contribution in [3.05, 3.63) is 29.0 Å². The molecule has 1 aromatic heterocycles. The number of nitriles is 2. The van der Waals surface area contributed by atoms with Crippen LogP contribution in [0, 0.1) is 34.0 Å². The fraction of sp³-hybridized carbons (Fsp3) is 0.462. The molecule has 0 atom stereocenters. The summed E-state index contributed by atoms with van der Waals surface area (Å²) in [5, 5.41) is 18.9. The second-order valence-electron chi connectivity index (χ2n) is 4.62. The minimum atomic E-state index is -0.906. The zero-order valence-electron chi connectivity index (χ0n) is 9.36. The highest BCUT2D eigenvalue weighted by Crippen LogP contribution is 2.41. The van der Waals surface area contributed by atoms with Crippen molar-refractivity contribution in [2.24, 2.45) is 11.3 Å². The van der Waals surface area contributed by atoms with E-state index in [0.717, 1.165) is 18.4 Å². The van der Waals surface area contributed by atoms with Crippen LogP contribution < -0.4 is 0 Å². The van der Waals surface area contributed by atoms with Gasteiger partial charge in [-0.1, -0.05) is 30.5 Å². The summed E-state index contributed by atoms with van der Waals surface area (Å²) < 4.78 is 0. The van der Waals surface area contributed by atoms with Gasteiger partial charge in [0.15, 0.2) is 0 Å². The summed E-state index contributed by atoms with van der Waals surface area (Å²) >= 11 is 5.70. The Balaban J connectivity index is 2.14. The molecule has 1 aliphatic rings. The molecule has 0 N–H and O–H groups in total. The van der Waals surface area contributed by atoms with E-state index < -0.39 is 5.41 Å². The fourth-order valence-corrected chi connectivity index (χ4v) is 2.05. The Morgan fingerprint density at radius 1 is 1.35 bits per heavy atom. The Labute approximate surface area is 106 Å². The lowest BCUT2D eigenvalue weighted by molar-refractivity contribution is 0.442. The minimum absolute atomic E-state index is 0.426. The van der Waals surface area contributed by atoms with Gasteiger partial charge in [-0.3, -0.25) is 0 Å². The molecule has 1 heterocycles. The quantitative estimate of drug-likeness (QED) is 0.766. The van der Waals surface area contributed by atoms with Crippen molar-refractivity contribution in [3.8, 4) is 12.1 Å². The number of nitrogens with zero attached hydrogens (tertiary/aromatic N) is 3. The van der Waals surface area contributed by atoms with Gasteiger partial charge in [0, 0.05) is 12.6 Å². The number of rotatable bonds is 4. The first kappa shape index (κ1) is 11.9. The fourth-order valence-electron chi connectivity index (χ4n) is 1.94. The van der Waals surface area contributed by atoms with Gasteiger partial charge in [-0.2, -0.15) is 10.5 Å². The average Bonchev–Trinajstić information content (AvgIpc) is 3.15. The minimum Gasteiger partial charge on any atom is -0.244 e. The Kier molecular flexibility index (Phi) is 3.31. The van der Waals surface area contributed by atoms with Crippen LogP contribution in [-0.4, -0.2) is 4.98 Å². The third kappa shape index (κ3) is 2.96. The predicted molar refractivity (Wildman–Crippen MR) is 64.0 cm³/mol. The zero-order chi connectivity index (χ0) is 12.3. The van der Waals surface area contributed by atoms with Crippen molar-refractivity contribution in [1.82, 2.24) is 4.98 Å². The lowest BCUT2D eigenvalue weighted by atomic mass is 9.80. The number of aromatic nitrogens is 1. The van der Waals surface area contributed by atoms with Gasteiger partial charge in [0.05, 0.1) is 12.1 Å². The zero-order valence-corrected chi connectivity index (χ0v) is 10.1. The summed E-state index contributed by atoms with van der Waals surface area (Å²) in [6.07, 6.45) is 5.02. The average molecular weight is 246 g/mol. The molecule has 1 saturated carbocycles. The van der Waals surface area contributed by atoms with Crippen LogP contribution in [0.1, 0.15) is 24.8 Å². The summed E-state index contributed by atoms with van der Waals surface area (Å²) in [5.41, 5.74) is -0.0189. The van der Waals surface area contributed by atoms with E-state index >= 15 is 0 Å². The first-order valence-electron chi connectivity index (χ1n) is 5.60. The van der Waals surface area contributed by atoms with Crippen LogP contribution in [0.15, 0.2) is 18.3 Å². The van der Waals surface area contributed by atoms with E-state index in [2.05, 4.69) is 17.1 Å². The molecule has 0 aliphatic heterocycles. The Bertz CT molecular complexity index is 463. The molecule has 17 heavy (non-hydrogen) atoms. The SMILES string of the molecule is N#CC(C#N)(Cc1ccc(Cl)nc1)CC1CC1. The highest BCUT2D eigenvalue weighted by molar-refractivity contribution is 6.29. The molecule has 4 heteroatoms. The second-order valence-corrected chi connectivity index (χ2v) is 5.01. The maximum atomic E-state index is 9.25. The maximum absolute atomic E-state index is 9.25. The van der Waals surface area contributed by atoms with E-state index in [1.807, 2.05) is 6.07 Å². The van der Waals surface area contributed by atoms with Gasteiger partial charge in [-0.15, -0.1) is 0 Å². The summed E-state index contributed by atoms with van der Waals surface area (Å²) in [5.74, 6) is 0.551. The summed E-state index contributed by atoms with van der Waals surface area (Å²) in [6, 6.07) is 7.87. The van der Waals surface area contributed by atoms with Crippen molar-refractivity contribution in [3.63, 3.8) is 0 Å². The number of halogens is 1. The van der Waals surface area contributed by atoms with E-state index in [9.17, 15) is 10.5 Å². The molecular formula is C13H12ClN3. The first-order chi connectivity index (χ1) is 8.17. The van der Waals surface area contributed by atoms with Gasteiger partial charge in [-0.05, 0) is 24.0 Å². The van der Waals surface area contributed by atoms with Gasteiger partial charge in [0.1, 0.15) is 10.6 Å². The van der Waals surface area contributed by atoms with E-state index in [4.69, 9.17) is 11.6 Å². The van der Waals surface area contributed by atoms with Gasteiger partial charge in [0.2, 0.25) is 0 Å². The Hall–Kier alpha value is -1.58. The molecule has 0 spiro atoms. The third-order valence-electron chi connectivity index (χ3n) is 3.06. The molecule has 86 valence electrons. The number of hydrogen-bond donors (Lipinski definition) is 0. The topological polar surface area (TPSA) is 60.5 Å². The van der Waals surface area contributed by atoms with Crippen molar-refractivity contribution in [2.75, 3.05) is 0 Å². The van der Waals surface area contributed by atoms with E-state index in [-0.39, 0.29) is 0 Å². The third-order valence-corrected chi connectivity index (χ3v) is 3.28.